The summed E-state index contributed by atoms with van der Waals surface area (Å²) in [5.74, 6) is -0.0846. The fourth-order valence-electron chi connectivity index (χ4n) is 1.87. The van der Waals surface area contributed by atoms with E-state index in [1.807, 2.05) is 30.3 Å². The van der Waals surface area contributed by atoms with Crippen LogP contribution in [0.5, 0.6) is 0 Å². The molecule has 1 atom stereocenters. The lowest BCUT2D eigenvalue weighted by atomic mass is 10.2. The zero-order chi connectivity index (χ0) is 15.2. The maximum Gasteiger partial charge on any atom is 0.221 e. The Bertz CT molecular complexity index is 598. The average molecular weight is 325 g/mol. The molecule has 0 aliphatic heterocycles. The fourth-order valence-corrected chi connectivity index (χ4v) is 2.92. The van der Waals surface area contributed by atoms with Crippen molar-refractivity contribution in [2.75, 3.05) is 11.9 Å². The summed E-state index contributed by atoms with van der Waals surface area (Å²) >= 11 is 7.23. The van der Waals surface area contributed by atoms with Crippen LogP contribution in [0.4, 0.5) is 5.69 Å². The summed E-state index contributed by atoms with van der Waals surface area (Å²) < 4.78 is 0.678. The van der Waals surface area contributed by atoms with Gasteiger partial charge in [-0.15, -0.1) is 11.3 Å². The van der Waals surface area contributed by atoms with Crippen LogP contribution in [-0.4, -0.2) is 17.6 Å². The van der Waals surface area contributed by atoms with Crippen molar-refractivity contribution in [1.29, 1.82) is 0 Å². The van der Waals surface area contributed by atoms with Crippen LogP contribution in [0.25, 0.3) is 0 Å². The molecule has 1 amide bonds. The van der Waals surface area contributed by atoms with Crippen LogP contribution in [0.1, 0.15) is 23.5 Å². The van der Waals surface area contributed by atoms with Gasteiger partial charge in [-0.25, -0.2) is 0 Å². The number of hydrogen-bond acceptors (Lipinski definition) is 4. The van der Waals surface area contributed by atoms with Gasteiger partial charge < -0.3 is 15.7 Å². The summed E-state index contributed by atoms with van der Waals surface area (Å²) in [4.78, 5) is 11.8. The molecule has 2 rings (SSSR count). The Balaban J connectivity index is 1.79. The number of nitrogens with one attached hydrogen (secondary N) is 2. The van der Waals surface area contributed by atoms with E-state index >= 15 is 0 Å². The lowest BCUT2D eigenvalue weighted by Gasteiger charge is -2.10. The quantitative estimate of drug-likeness (QED) is 0.764. The number of anilines is 1. The monoisotopic (exact) mass is 324 g/mol. The second-order valence-electron chi connectivity index (χ2n) is 4.67. The van der Waals surface area contributed by atoms with Crippen LogP contribution in [0.15, 0.2) is 36.4 Å². The second kappa shape index (κ2) is 7.56. The number of carbonyl (C=O) groups is 1. The van der Waals surface area contributed by atoms with Crippen molar-refractivity contribution in [3.63, 3.8) is 0 Å². The summed E-state index contributed by atoms with van der Waals surface area (Å²) in [5.41, 5.74) is 1.86. The number of thiophene rings is 1. The molecule has 0 spiro atoms. The zero-order valence-corrected chi connectivity index (χ0v) is 13.2. The van der Waals surface area contributed by atoms with Crippen molar-refractivity contribution < 1.29 is 9.90 Å². The lowest BCUT2D eigenvalue weighted by Crippen LogP contribution is -2.20. The van der Waals surface area contributed by atoms with E-state index in [1.165, 1.54) is 18.3 Å². The molecule has 0 saturated carbocycles. The maximum absolute atomic E-state index is 10.9. The summed E-state index contributed by atoms with van der Waals surface area (Å²) in [6, 6.07) is 11.2. The van der Waals surface area contributed by atoms with Gasteiger partial charge in [0, 0.05) is 30.6 Å². The van der Waals surface area contributed by atoms with Gasteiger partial charge in [0.2, 0.25) is 5.91 Å². The van der Waals surface area contributed by atoms with Crippen molar-refractivity contribution in [1.82, 2.24) is 5.32 Å². The minimum absolute atomic E-state index is 0.0846. The third-order valence-electron chi connectivity index (χ3n) is 2.86. The molecule has 1 aromatic carbocycles. The van der Waals surface area contributed by atoms with Crippen molar-refractivity contribution >= 4 is 34.5 Å². The van der Waals surface area contributed by atoms with Gasteiger partial charge in [0.15, 0.2) is 0 Å². The number of benzene rings is 1. The average Bonchev–Trinajstić information content (AvgIpc) is 2.87. The van der Waals surface area contributed by atoms with Gasteiger partial charge in [0.05, 0.1) is 4.34 Å². The standard InChI is InChI=1S/C15H17ClN2O2S/c1-10(19)18-12-4-2-11(3-5-12)8-17-9-13(20)14-6-7-15(16)21-14/h2-7,13,17,20H,8-9H2,1H3,(H,18,19). The number of rotatable bonds is 6. The van der Waals surface area contributed by atoms with E-state index in [-0.39, 0.29) is 5.91 Å². The van der Waals surface area contributed by atoms with Crippen LogP contribution < -0.4 is 10.6 Å². The van der Waals surface area contributed by atoms with E-state index in [0.717, 1.165) is 16.1 Å². The molecular weight excluding hydrogens is 308 g/mol. The molecule has 0 aliphatic carbocycles. The normalized spacial score (nSPS) is 12.1. The van der Waals surface area contributed by atoms with Crippen LogP contribution in [0, 0.1) is 0 Å². The van der Waals surface area contributed by atoms with E-state index in [9.17, 15) is 9.90 Å². The highest BCUT2D eigenvalue weighted by Crippen LogP contribution is 2.26. The molecule has 0 bridgehead atoms. The molecule has 4 nitrogen and oxygen atoms in total. The molecule has 21 heavy (non-hydrogen) atoms. The molecule has 1 heterocycles. The minimum Gasteiger partial charge on any atom is -0.386 e. The van der Waals surface area contributed by atoms with Gasteiger partial charge in [-0.2, -0.15) is 0 Å². The first-order valence-electron chi connectivity index (χ1n) is 6.55. The van der Waals surface area contributed by atoms with Crippen LogP contribution in [0.2, 0.25) is 4.34 Å². The number of carbonyl (C=O) groups excluding carboxylic acids is 1. The van der Waals surface area contributed by atoms with Crippen molar-refractivity contribution in [2.45, 2.75) is 19.6 Å². The Kier molecular flexibility index (Phi) is 5.76. The highest BCUT2D eigenvalue weighted by atomic mass is 35.5. The van der Waals surface area contributed by atoms with E-state index in [0.29, 0.717) is 17.4 Å². The first-order valence-corrected chi connectivity index (χ1v) is 7.74. The molecule has 0 aliphatic rings. The Labute approximate surface area is 132 Å². The Morgan fingerprint density at radius 2 is 2.00 bits per heavy atom. The smallest absolute Gasteiger partial charge is 0.221 e. The maximum atomic E-state index is 10.9. The van der Waals surface area contributed by atoms with Crippen molar-refractivity contribution in [2.24, 2.45) is 0 Å². The van der Waals surface area contributed by atoms with Gasteiger partial charge in [0.25, 0.3) is 0 Å². The topological polar surface area (TPSA) is 61.4 Å². The Morgan fingerprint density at radius 1 is 1.29 bits per heavy atom. The van der Waals surface area contributed by atoms with Gasteiger partial charge in [-0.05, 0) is 29.8 Å². The van der Waals surface area contributed by atoms with E-state index in [2.05, 4.69) is 10.6 Å². The number of aliphatic hydroxyl groups is 1. The molecule has 1 aromatic heterocycles. The molecule has 112 valence electrons. The van der Waals surface area contributed by atoms with E-state index < -0.39 is 6.10 Å². The molecule has 0 fully saturated rings. The molecule has 1 unspecified atom stereocenters. The number of halogens is 1. The number of hydrogen-bond donors (Lipinski definition) is 3. The lowest BCUT2D eigenvalue weighted by molar-refractivity contribution is -0.114. The highest BCUT2D eigenvalue weighted by Gasteiger charge is 2.09. The van der Waals surface area contributed by atoms with Crippen molar-refractivity contribution in [3.8, 4) is 0 Å². The van der Waals surface area contributed by atoms with Gasteiger partial charge >= 0.3 is 0 Å². The molecule has 6 heteroatoms. The highest BCUT2D eigenvalue weighted by molar-refractivity contribution is 7.16. The fraction of sp³-hybridized carbons (Fsp3) is 0.267. The third-order valence-corrected chi connectivity index (χ3v) is 4.20. The van der Waals surface area contributed by atoms with Crippen LogP contribution in [-0.2, 0) is 11.3 Å². The van der Waals surface area contributed by atoms with Crippen LogP contribution >= 0.6 is 22.9 Å². The SMILES string of the molecule is CC(=O)Nc1ccc(CNCC(O)c2ccc(Cl)s2)cc1. The third kappa shape index (κ3) is 5.13. The Hall–Kier alpha value is -1.40. The largest absolute Gasteiger partial charge is 0.386 e. The molecule has 2 aromatic rings. The predicted molar refractivity (Wildman–Crippen MR) is 86.7 cm³/mol. The summed E-state index contributed by atoms with van der Waals surface area (Å²) in [6.07, 6.45) is -0.554. The number of amides is 1. The molecule has 3 N–H and O–H groups in total. The Morgan fingerprint density at radius 3 is 2.57 bits per heavy atom. The molecule has 0 radical (unpaired) electrons. The first kappa shape index (κ1) is 16.0. The molecular formula is C15H17ClN2O2S. The predicted octanol–water partition coefficient (Wildman–Crippen LogP) is 3.18. The number of aliphatic hydroxyl groups excluding tert-OH is 1. The van der Waals surface area contributed by atoms with Gasteiger partial charge in [0.1, 0.15) is 6.10 Å². The van der Waals surface area contributed by atoms with E-state index in [4.69, 9.17) is 11.6 Å². The zero-order valence-electron chi connectivity index (χ0n) is 11.6. The van der Waals surface area contributed by atoms with Crippen LogP contribution in [0.3, 0.4) is 0 Å². The summed E-state index contributed by atoms with van der Waals surface area (Å²) in [7, 11) is 0. The summed E-state index contributed by atoms with van der Waals surface area (Å²) in [6.45, 7) is 2.59. The van der Waals surface area contributed by atoms with Gasteiger partial charge in [-0.3, -0.25) is 4.79 Å². The minimum atomic E-state index is -0.554. The van der Waals surface area contributed by atoms with Crippen molar-refractivity contribution in [3.05, 3.63) is 51.2 Å². The van der Waals surface area contributed by atoms with E-state index in [1.54, 1.807) is 6.07 Å². The summed E-state index contributed by atoms with van der Waals surface area (Å²) in [5, 5.41) is 15.9. The first-order chi connectivity index (χ1) is 10.0. The second-order valence-corrected chi connectivity index (χ2v) is 6.41. The van der Waals surface area contributed by atoms with Gasteiger partial charge in [-0.1, -0.05) is 23.7 Å². The molecule has 0 saturated heterocycles.